The molecule has 0 aliphatic carbocycles. The maximum absolute atomic E-state index is 2.70. The molecule has 0 bridgehead atoms. The molecule has 1 aliphatic rings. The van der Waals surface area contributed by atoms with Crippen LogP contribution >= 0.6 is 12.4 Å². The quantitative estimate of drug-likeness (QED) is 0.0986. The van der Waals surface area contributed by atoms with Crippen LogP contribution in [0.1, 0.15) is 193 Å². The Morgan fingerprint density at radius 1 is 0.343 bits per heavy atom. The third kappa shape index (κ3) is 27.1. The van der Waals surface area contributed by atoms with Crippen LogP contribution in [0, 0.1) is 0 Å². The number of rotatable bonds is 27. The second-order valence-electron chi connectivity index (χ2n) is 11.7. The summed E-state index contributed by atoms with van der Waals surface area (Å²) >= 11 is 0. The summed E-state index contributed by atoms with van der Waals surface area (Å²) in [5.41, 5.74) is 0. The number of hydrogen-bond donors (Lipinski definition) is 0. The fraction of sp³-hybridized carbons (Fsp3) is 1.00. The van der Waals surface area contributed by atoms with Gasteiger partial charge in [0, 0.05) is 0 Å². The standard InChI is InChI=1S/C33H67N.ClH/c1-2-3-4-5-6-7-8-9-10-11-12-13-14-15-16-17-18-19-20-21-22-23-24-25-26-28-31-34-32-29-27-30-33-34;/h2-33H2,1H3;1H. The van der Waals surface area contributed by atoms with E-state index in [-0.39, 0.29) is 12.4 Å². The molecule has 1 rings (SSSR count). The van der Waals surface area contributed by atoms with Gasteiger partial charge >= 0.3 is 0 Å². The van der Waals surface area contributed by atoms with Crippen LogP contribution in [0.5, 0.6) is 0 Å². The minimum absolute atomic E-state index is 0. The van der Waals surface area contributed by atoms with Crippen LogP contribution in [0.4, 0.5) is 0 Å². The smallest absolute Gasteiger partial charge is 0.00187 e. The molecule has 1 saturated heterocycles. The van der Waals surface area contributed by atoms with Crippen LogP contribution in [0.25, 0.3) is 0 Å². The van der Waals surface area contributed by atoms with Crippen molar-refractivity contribution in [1.82, 2.24) is 4.90 Å². The number of unbranched alkanes of at least 4 members (excludes halogenated alkanes) is 25. The zero-order chi connectivity index (χ0) is 24.2. The molecule has 0 unspecified atom stereocenters. The number of hydrogen-bond acceptors (Lipinski definition) is 1. The van der Waals surface area contributed by atoms with Gasteiger partial charge < -0.3 is 4.90 Å². The molecule has 1 nitrogen and oxygen atoms in total. The maximum Gasteiger partial charge on any atom is -0.00187 e. The van der Waals surface area contributed by atoms with Gasteiger partial charge in [-0.25, -0.2) is 0 Å². The first-order chi connectivity index (χ1) is 16.9. The molecule has 1 aliphatic heterocycles. The molecule has 212 valence electrons. The first-order valence-corrected chi connectivity index (χ1v) is 16.7. The van der Waals surface area contributed by atoms with E-state index in [1.807, 2.05) is 0 Å². The van der Waals surface area contributed by atoms with E-state index in [0.717, 1.165) is 0 Å². The Labute approximate surface area is 229 Å². The van der Waals surface area contributed by atoms with E-state index in [4.69, 9.17) is 0 Å². The summed E-state index contributed by atoms with van der Waals surface area (Å²) in [5.74, 6) is 0. The average Bonchev–Trinajstić information content (AvgIpc) is 2.87. The number of halogens is 1. The summed E-state index contributed by atoms with van der Waals surface area (Å²) in [6.07, 6.45) is 42.9. The summed E-state index contributed by atoms with van der Waals surface area (Å²) in [6, 6.07) is 0. The first kappa shape index (κ1) is 35.2. The van der Waals surface area contributed by atoms with Gasteiger partial charge in [-0.1, -0.05) is 174 Å². The Morgan fingerprint density at radius 2 is 0.600 bits per heavy atom. The molecular formula is C33H68ClN. The molecule has 0 N–H and O–H groups in total. The van der Waals surface area contributed by atoms with E-state index in [2.05, 4.69) is 11.8 Å². The number of nitrogens with zero attached hydrogens (tertiary/aromatic N) is 1. The van der Waals surface area contributed by atoms with E-state index in [1.54, 1.807) is 0 Å². The molecule has 0 amide bonds. The topological polar surface area (TPSA) is 3.24 Å². The SMILES string of the molecule is CCCCCCCCCCCCCCCCCCCCCCCCCCCCN1CCCCC1.Cl. The summed E-state index contributed by atoms with van der Waals surface area (Å²) in [4.78, 5) is 2.70. The van der Waals surface area contributed by atoms with Crippen molar-refractivity contribution in [3.05, 3.63) is 0 Å². The molecule has 0 aromatic rings. The van der Waals surface area contributed by atoms with Gasteiger partial charge in [-0.2, -0.15) is 0 Å². The lowest BCUT2D eigenvalue weighted by molar-refractivity contribution is 0.224. The summed E-state index contributed by atoms with van der Waals surface area (Å²) in [7, 11) is 0. The summed E-state index contributed by atoms with van der Waals surface area (Å²) in [6.45, 7) is 6.43. The van der Waals surface area contributed by atoms with Crippen molar-refractivity contribution in [2.45, 2.75) is 193 Å². The van der Waals surface area contributed by atoms with Crippen molar-refractivity contribution < 1.29 is 0 Å². The highest BCUT2D eigenvalue weighted by molar-refractivity contribution is 5.85. The average molecular weight is 514 g/mol. The van der Waals surface area contributed by atoms with Gasteiger partial charge in [-0.05, 0) is 38.9 Å². The fourth-order valence-electron chi connectivity index (χ4n) is 5.83. The van der Waals surface area contributed by atoms with Crippen LogP contribution < -0.4 is 0 Å². The molecule has 0 radical (unpaired) electrons. The minimum Gasteiger partial charge on any atom is -0.303 e. The van der Waals surface area contributed by atoms with Crippen LogP contribution in [0.3, 0.4) is 0 Å². The lowest BCUT2D eigenvalue weighted by atomic mass is 10.0. The second kappa shape index (κ2) is 30.5. The van der Waals surface area contributed by atoms with E-state index in [9.17, 15) is 0 Å². The van der Waals surface area contributed by atoms with Crippen molar-refractivity contribution in [3.63, 3.8) is 0 Å². The van der Waals surface area contributed by atoms with Crippen molar-refractivity contribution in [1.29, 1.82) is 0 Å². The van der Waals surface area contributed by atoms with Crippen LogP contribution in [0.2, 0.25) is 0 Å². The third-order valence-corrected chi connectivity index (χ3v) is 8.28. The zero-order valence-corrected chi connectivity index (χ0v) is 25.3. The van der Waals surface area contributed by atoms with E-state index in [0.29, 0.717) is 0 Å². The Morgan fingerprint density at radius 3 is 0.886 bits per heavy atom. The van der Waals surface area contributed by atoms with Crippen molar-refractivity contribution in [2.75, 3.05) is 19.6 Å². The highest BCUT2D eigenvalue weighted by Crippen LogP contribution is 2.16. The molecule has 0 saturated carbocycles. The monoisotopic (exact) mass is 514 g/mol. The van der Waals surface area contributed by atoms with Crippen LogP contribution in [-0.4, -0.2) is 24.5 Å². The lowest BCUT2D eigenvalue weighted by Crippen LogP contribution is -2.30. The molecule has 0 atom stereocenters. The fourth-order valence-corrected chi connectivity index (χ4v) is 5.83. The molecule has 35 heavy (non-hydrogen) atoms. The Kier molecular flexibility index (Phi) is 30.7. The predicted octanol–water partition coefficient (Wildman–Crippen LogP) is 12.1. The highest BCUT2D eigenvalue weighted by atomic mass is 35.5. The van der Waals surface area contributed by atoms with Crippen molar-refractivity contribution in [2.24, 2.45) is 0 Å². The van der Waals surface area contributed by atoms with Crippen LogP contribution in [-0.2, 0) is 0 Å². The first-order valence-electron chi connectivity index (χ1n) is 16.7. The van der Waals surface area contributed by atoms with Crippen molar-refractivity contribution in [3.8, 4) is 0 Å². The van der Waals surface area contributed by atoms with E-state index < -0.39 is 0 Å². The van der Waals surface area contributed by atoms with Gasteiger partial charge in [0.25, 0.3) is 0 Å². The predicted molar refractivity (Wildman–Crippen MR) is 163 cm³/mol. The normalized spacial score (nSPS) is 14.3. The second-order valence-corrected chi connectivity index (χ2v) is 11.7. The molecule has 0 aromatic heterocycles. The Balaban J connectivity index is 0.0000116. The third-order valence-electron chi connectivity index (χ3n) is 8.28. The molecule has 2 heteroatoms. The Bertz CT molecular complexity index is 366. The minimum atomic E-state index is 0. The van der Waals surface area contributed by atoms with Crippen LogP contribution in [0.15, 0.2) is 0 Å². The van der Waals surface area contributed by atoms with Gasteiger partial charge in [-0.3, -0.25) is 0 Å². The molecular weight excluding hydrogens is 446 g/mol. The van der Waals surface area contributed by atoms with E-state index in [1.165, 1.54) is 206 Å². The van der Waals surface area contributed by atoms with Gasteiger partial charge in [-0.15, -0.1) is 12.4 Å². The summed E-state index contributed by atoms with van der Waals surface area (Å²) in [5, 5.41) is 0. The Hall–Kier alpha value is 0.250. The van der Waals surface area contributed by atoms with Crippen molar-refractivity contribution >= 4 is 12.4 Å². The largest absolute Gasteiger partial charge is 0.303 e. The molecule has 0 aromatic carbocycles. The molecule has 1 heterocycles. The molecule has 0 spiro atoms. The summed E-state index contributed by atoms with van der Waals surface area (Å²) < 4.78 is 0. The zero-order valence-electron chi connectivity index (χ0n) is 24.5. The van der Waals surface area contributed by atoms with Gasteiger partial charge in [0.1, 0.15) is 0 Å². The van der Waals surface area contributed by atoms with E-state index >= 15 is 0 Å². The number of piperidine rings is 1. The van der Waals surface area contributed by atoms with Gasteiger partial charge in [0.15, 0.2) is 0 Å². The highest BCUT2D eigenvalue weighted by Gasteiger charge is 2.08. The van der Waals surface area contributed by atoms with Gasteiger partial charge in [0.2, 0.25) is 0 Å². The van der Waals surface area contributed by atoms with Gasteiger partial charge in [0.05, 0.1) is 0 Å². The number of likely N-dealkylation sites (tertiary alicyclic amines) is 1. The lowest BCUT2D eigenvalue weighted by Gasteiger charge is -2.26. The maximum atomic E-state index is 2.70. The molecule has 1 fully saturated rings.